The van der Waals surface area contributed by atoms with Gasteiger partial charge in [0.1, 0.15) is 6.10 Å². The van der Waals surface area contributed by atoms with Crippen LogP contribution in [0.3, 0.4) is 0 Å². The molecule has 9 nitrogen and oxygen atoms in total. The van der Waals surface area contributed by atoms with Crippen molar-refractivity contribution in [2.24, 2.45) is 56.5 Å². The molecule has 4 rings (SSSR count). The molecule has 0 aromatic carbocycles. The number of hydrogen-bond acceptors (Lipinski definition) is 8. The molecule has 0 radical (unpaired) electrons. The number of nitrogens with zero attached hydrogens (tertiary/aromatic N) is 1. The quantitative estimate of drug-likeness (QED) is 0.0651. The summed E-state index contributed by atoms with van der Waals surface area (Å²) in [6.45, 7) is 14.4. The van der Waals surface area contributed by atoms with Crippen molar-refractivity contribution >= 4 is 17.8 Å². The second kappa shape index (κ2) is 12.0. The molecule has 0 amide bonds. The van der Waals surface area contributed by atoms with Crippen LogP contribution in [0, 0.1) is 39.9 Å². The third kappa shape index (κ3) is 5.45. The highest BCUT2D eigenvalue weighted by atomic mass is 16.7. The molecular formula is C33H53N3O6. The molecule has 0 aliphatic heterocycles. The van der Waals surface area contributed by atoms with Gasteiger partial charge in [-0.2, -0.15) is 0 Å². The van der Waals surface area contributed by atoms with Gasteiger partial charge < -0.3 is 31.3 Å². The fraction of sp³-hybridized carbons (Fsp3) is 0.788. The van der Waals surface area contributed by atoms with Gasteiger partial charge in [0.15, 0.2) is 5.84 Å². The Labute approximate surface area is 251 Å². The number of ether oxygens (including phenoxy) is 1. The highest BCUT2D eigenvalue weighted by molar-refractivity contribution is 5.91. The first kappa shape index (κ1) is 32.7. The molecule has 42 heavy (non-hydrogen) atoms. The van der Waals surface area contributed by atoms with E-state index in [1.807, 2.05) is 13.8 Å². The van der Waals surface area contributed by atoms with E-state index in [9.17, 15) is 19.8 Å². The van der Waals surface area contributed by atoms with E-state index in [1.54, 1.807) is 0 Å². The van der Waals surface area contributed by atoms with Gasteiger partial charge in [0.2, 0.25) is 0 Å². The lowest BCUT2D eigenvalue weighted by Gasteiger charge is -2.69. The maximum absolute atomic E-state index is 13.7. The smallest absolute Gasteiger partial charge is 0.361 e. The summed E-state index contributed by atoms with van der Waals surface area (Å²) in [5.74, 6) is -0.688. The number of carbonyl (C=O) groups excluding carboxylic acids is 2. The average Bonchev–Trinajstić information content (AvgIpc) is 3.18. The van der Waals surface area contributed by atoms with Gasteiger partial charge in [0, 0.05) is 12.5 Å². The normalized spacial score (nSPS) is 42.5. The Bertz CT molecular complexity index is 1160. The summed E-state index contributed by atoms with van der Waals surface area (Å²) < 4.78 is 5.99. The van der Waals surface area contributed by atoms with Crippen LogP contribution in [0.2, 0.25) is 0 Å². The van der Waals surface area contributed by atoms with Crippen LogP contribution >= 0.6 is 0 Å². The van der Waals surface area contributed by atoms with Crippen molar-refractivity contribution in [3.63, 3.8) is 0 Å². The number of amidine groups is 1. The predicted octanol–water partition coefficient (Wildman–Crippen LogP) is 4.36. The monoisotopic (exact) mass is 587 g/mol. The average molecular weight is 588 g/mol. The van der Waals surface area contributed by atoms with E-state index >= 15 is 0 Å². The number of esters is 1. The lowest BCUT2D eigenvalue weighted by atomic mass is 9.36. The van der Waals surface area contributed by atoms with Crippen molar-refractivity contribution in [2.45, 2.75) is 118 Å². The minimum absolute atomic E-state index is 0.00469. The molecule has 236 valence electrons. The van der Waals surface area contributed by atoms with E-state index in [0.29, 0.717) is 37.2 Å². The van der Waals surface area contributed by atoms with Crippen LogP contribution in [-0.4, -0.2) is 52.8 Å². The predicted molar refractivity (Wildman–Crippen MR) is 162 cm³/mol. The van der Waals surface area contributed by atoms with Crippen LogP contribution in [0.15, 0.2) is 28.0 Å². The largest absolute Gasteiger partial charge is 0.458 e. The first-order valence-electron chi connectivity index (χ1n) is 15.7. The van der Waals surface area contributed by atoms with Crippen LogP contribution in [0.4, 0.5) is 0 Å². The standard InChI is InChI=1S/C33H53N3O6/c1-18(2)9-8-10-21(30(40)42-36-27(35)17-34)28-23-15-25(39)29-31(5)13-12-24(38)19(3)22(31)11-14-32(29,6)33(23,7)16-26(28)41-20(4)37/h9,19,22-26,29,38-39H,8,10-17,34H2,1-7H3,(H2,35,36)/b28-21-/t19-,22-,23-,24+,25+,26-,29-,31-,32-,33-/m0/s1. The Kier molecular flexibility index (Phi) is 9.37. The third-order valence-corrected chi connectivity index (χ3v) is 12.0. The zero-order valence-electron chi connectivity index (χ0n) is 26.6. The molecule has 0 bridgehead atoms. The van der Waals surface area contributed by atoms with Crippen LogP contribution in [-0.2, 0) is 19.2 Å². The fourth-order valence-corrected chi connectivity index (χ4v) is 9.97. The zero-order chi connectivity index (χ0) is 31.2. The number of nitrogens with two attached hydrogens (primary N) is 2. The Hall–Kier alpha value is -2.23. The molecule has 9 heteroatoms. The van der Waals surface area contributed by atoms with Gasteiger partial charge in [-0.3, -0.25) is 4.79 Å². The molecule has 4 fully saturated rings. The molecule has 0 saturated heterocycles. The number of carbonyl (C=O) groups is 2. The van der Waals surface area contributed by atoms with Crippen LogP contribution in [0.25, 0.3) is 0 Å². The summed E-state index contributed by atoms with van der Waals surface area (Å²) in [5, 5.41) is 26.6. The van der Waals surface area contributed by atoms with Crippen molar-refractivity contribution in [3.8, 4) is 0 Å². The maximum atomic E-state index is 13.7. The summed E-state index contributed by atoms with van der Waals surface area (Å²) in [4.78, 5) is 31.4. The highest BCUT2D eigenvalue weighted by Gasteiger charge is 2.70. The van der Waals surface area contributed by atoms with Crippen LogP contribution in [0.5, 0.6) is 0 Å². The van der Waals surface area contributed by atoms with E-state index < -0.39 is 24.1 Å². The second-order valence-electron chi connectivity index (χ2n) is 14.5. The van der Waals surface area contributed by atoms with Gasteiger partial charge in [-0.25, -0.2) is 4.79 Å². The topological polar surface area (TPSA) is 157 Å². The summed E-state index contributed by atoms with van der Waals surface area (Å²) in [6, 6.07) is 0. The van der Waals surface area contributed by atoms with Gasteiger partial charge in [-0.1, -0.05) is 44.5 Å². The molecule has 4 aliphatic carbocycles. The van der Waals surface area contributed by atoms with Crippen molar-refractivity contribution in [3.05, 3.63) is 22.8 Å². The number of fused-ring (bicyclic) bond motifs is 5. The highest BCUT2D eigenvalue weighted by Crippen LogP contribution is 2.74. The number of aliphatic hydroxyl groups excluding tert-OH is 2. The van der Waals surface area contributed by atoms with E-state index in [2.05, 4.69) is 38.9 Å². The summed E-state index contributed by atoms with van der Waals surface area (Å²) in [7, 11) is 0. The lowest BCUT2D eigenvalue weighted by Crippen LogP contribution is -2.65. The van der Waals surface area contributed by atoms with Crippen molar-refractivity contribution < 1.29 is 29.4 Å². The molecule has 0 aromatic rings. The van der Waals surface area contributed by atoms with E-state index in [4.69, 9.17) is 21.0 Å². The van der Waals surface area contributed by atoms with Crippen molar-refractivity contribution in [2.75, 3.05) is 6.54 Å². The Morgan fingerprint density at radius 3 is 2.38 bits per heavy atom. The minimum Gasteiger partial charge on any atom is -0.458 e. The van der Waals surface area contributed by atoms with E-state index in [-0.39, 0.29) is 52.5 Å². The number of allylic oxidation sites excluding steroid dienone is 2. The number of oxime groups is 1. The Morgan fingerprint density at radius 1 is 1.07 bits per heavy atom. The molecule has 6 N–H and O–H groups in total. The van der Waals surface area contributed by atoms with Crippen molar-refractivity contribution in [1.82, 2.24) is 0 Å². The first-order chi connectivity index (χ1) is 19.6. The molecule has 0 unspecified atom stereocenters. The van der Waals surface area contributed by atoms with Crippen molar-refractivity contribution in [1.29, 1.82) is 0 Å². The Balaban J connectivity index is 1.84. The van der Waals surface area contributed by atoms with Crippen LogP contribution < -0.4 is 11.5 Å². The van der Waals surface area contributed by atoms with Crippen LogP contribution in [0.1, 0.15) is 99.8 Å². The van der Waals surface area contributed by atoms with Gasteiger partial charge in [-0.15, -0.1) is 0 Å². The molecule has 0 spiro atoms. The first-order valence-corrected chi connectivity index (χ1v) is 15.7. The SMILES string of the molecule is CC(=O)O[C@H]1C[C@@]2(C)[C@@H](C[C@@H](O)[C@H]3[C@@]4(C)CC[C@@H](O)[C@@H](C)[C@@H]4CC[C@@]32C)/C1=C(\CCC=C(C)C)C(=O)O/N=C(\N)CN. The Morgan fingerprint density at radius 2 is 1.76 bits per heavy atom. The van der Waals surface area contributed by atoms with Gasteiger partial charge >= 0.3 is 11.9 Å². The fourth-order valence-electron chi connectivity index (χ4n) is 9.97. The number of aliphatic hydroxyl groups is 2. The molecule has 10 atom stereocenters. The number of hydrogen-bond donors (Lipinski definition) is 4. The molecule has 4 saturated carbocycles. The molecular weight excluding hydrogens is 534 g/mol. The second-order valence-corrected chi connectivity index (χ2v) is 14.5. The number of rotatable bonds is 7. The molecule has 0 aromatic heterocycles. The third-order valence-electron chi connectivity index (χ3n) is 12.0. The summed E-state index contributed by atoms with van der Waals surface area (Å²) in [6.07, 6.45) is 6.04. The summed E-state index contributed by atoms with van der Waals surface area (Å²) >= 11 is 0. The minimum atomic E-state index is -0.627. The lowest BCUT2D eigenvalue weighted by molar-refractivity contribution is -0.234. The van der Waals surface area contributed by atoms with E-state index in [0.717, 1.165) is 36.8 Å². The zero-order valence-corrected chi connectivity index (χ0v) is 26.6. The maximum Gasteiger partial charge on any atom is 0.361 e. The van der Waals surface area contributed by atoms with Gasteiger partial charge in [-0.05, 0) is 111 Å². The molecule has 0 heterocycles. The molecule has 4 aliphatic rings. The van der Waals surface area contributed by atoms with E-state index in [1.165, 1.54) is 6.92 Å². The van der Waals surface area contributed by atoms with Gasteiger partial charge in [0.05, 0.1) is 18.8 Å². The van der Waals surface area contributed by atoms with Gasteiger partial charge in [0.25, 0.3) is 0 Å². The summed E-state index contributed by atoms with van der Waals surface area (Å²) in [5.41, 5.74) is 12.9.